The largest absolute Gasteiger partial charge is 0.496 e. The highest BCUT2D eigenvalue weighted by Gasteiger charge is 2.08. The Morgan fingerprint density at radius 1 is 1.21 bits per heavy atom. The van der Waals surface area contributed by atoms with Crippen LogP contribution >= 0.6 is 12.4 Å². The molecule has 0 aliphatic rings. The van der Waals surface area contributed by atoms with Gasteiger partial charge in [0.2, 0.25) is 0 Å². The summed E-state index contributed by atoms with van der Waals surface area (Å²) in [6.07, 6.45) is 1.88. The van der Waals surface area contributed by atoms with E-state index < -0.39 is 0 Å². The number of halogens is 1. The average Bonchev–Trinajstić information content (AvgIpc) is 2.77. The first-order valence-corrected chi connectivity index (χ1v) is 5.68. The van der Waals surface area contributed by atoms with Gasteiger partial charge < -0.3 is 14.8 Å². The van der Waals surface area contributed by atoms with Gasteiger partial charge in [0.05, 0.1) is 20.4 Å². The van der Waals surface area contributed by atoms with Gasteiger partial charge in [-0.15, -0.1) is 17.5 Å². The molecule has 2 aromatic rings. The van der Waals surface area contributed by atoms with E-state index in [0.717, 1.165) is 17.0 Å². The third-order valence-electron chi connectivity index (χ3n) is 2.65. The van der Waals surface area contributed by atoms with Crippen molar-refractivity contribution in [3.63, 3.8) is 0 Å². The van der Waals surface area contributed by atoms with E-state index >= 15 is 0 Å². The SMILES string of the molecule is COc1ccccc1CNc1cn(C)nc1OC.Cl. The van der Waals surface area contributed by atoms with Crippen LogP contribution in [-0.2, 0) is 13.6 Å². The molecule has 0 unspecified atom stereocenters. The molecule has 0 bridgehead atoms. The lowest BCUT2D eigenvalue weighted by Gasteiger charge is -2.09. The van der Waals surface area contributed by atoms with Gasteiger partial charge in [-0.2, -0.15) is 0 Å². The van der Waals surface area contributed by atoms with Gasteiger partial charge in [-0.3, -0.25) is 4.68 Å². The molecular weight excluding hydrogens is 266 g/mol. The number of hydrogen-bond acceptors (Lipinski definition) is 4. The normalized spacial score (nSPS) is 9.63. The fourth-order valence-electron chi connectivity index (χ4n) is 1.78. The second kappa shape index (κ2) is 6.89. The van der Waals surface area contributed by atoms with Crippen molar-refractivity contribution < 1.29 is 9.47 Å². The molecule has 0 saturated carbocycles. The molecule has 0 fully saturated rings. The molecule has 1 N–H and O–H groups in total. The Balaban J connectivity index is 0.00000180. The molecule has 1 aromatic carbocycles. The fourth-order valence-corrected chi connectivity index (χ4v) is 1.78. The number of benzene rings is 1. The van der Waals surface area contributed by atoms with Gasteiger partial charge in [-0.05, 0) is 6.07 Å². The predicted molar refractivity (Wildman–Crippen MR) is 77.3 cm³/mol. The van der Waals surface area contributed by atoms with E-state index in [1.54, 1.807) is 18.9 Å². The van der Waals surface area contributed by atoms with E-state index in [2.05, 4.69) is 10.4 Å². The monoisotopic (exact) mass is 283 g/mol. The molecule has 1 aromatic heterocycles. The van der Waals surface area contributed by atoms with Crippen LogP contribution < -0.4 is 14.8 Å². The molecule has 0 spiro atoms. The van der Waals surface area contributed by atoms with Crippen LogP contribution in [0.2, 0.25) is 0 Å². The van der Waals surface area contributed by atoms with Crippen LogP contribution in [-0.4, -0.2) is 24.0 Å². The van der Waals surface area contributed by atoms with E-state index in [1.807, 2.05) is 37.5 Å². The van der Waals surface area contributed by atoms with Crippen LogP contribution in [0.4, 0.5) is 5.69 Å². The van der Waals surface area contributed by atoms with Gasteiger partial charge >= 0.3 is 0 Å². The molecule has 2 rings (SSSR count). The molecule has 0 radical (unpaired) electrons. The number of hydrogen-bond donors (Lipinski definition) is 1. The van der Waals surface area contributed by atoms with Crippen LogP contribution in [0.1, 0.15) is 5.56 Å². The topological polar surface area (TPSA) is 48.3 Å². The second-order valence-corrected chi connectivity index (χ2v) is 3.89. The summed E-state index contributed by atoms with van der Waals surface area (Å²) >= 11 is 0. The van der Waals surface area contributed by atoms with Gasteiger partial charge in [0.25, 0.3) is 5.88 Å². The number of methoxy groups -OCH3 is 2. The van der Waals surface area contributed by atoms with E-state index in [-0.39, 0.29) is 12.4 Å². The summed E-state index contributed by atoms with van der Waals surface area (Å²) in [5.74, 6) is 1.46. The fraction of sp³-hybridized carbons (Fsp3) is 0.308. The third-order valence-corrected chi connectivity index (χ3v) is 2.65. The molecule has 0 saturated heterocycles. The number of aryl methyl sites for hydroxylation is 1. The number of ether oxygens (including phenoxy) is 2. The van der Waals surface area contributed by atoms with Crippen molar-refractivity contribution in [3.8, 4) is 11.6 Å². The summed E-state index contributed by atoms with van der Waals surface area (Å²) in [5, 5.41) is 7.47. The number of para-hydroxylation sites is 1. The van der Waals surface area contributed by atoms with Crippen LogP contribution in [0.5, 0.6) is 11.6 Å². The summed E-state index contributed by atoms with van der Waals surface area (Å²) < 4.78 is 12.2. The summed E-state index contributed by atoms with van der Waals surface area (Å²) in [6.45, 7) is 0.659. The molecule has 1 heterocycles. The van der Waals surface area contributed by atoms with Crippen molar-refractivity contribution in [1.29, 1.82) is 0 Å². The number of nitrogens with one attached hydrogen (secondary N) is 1. The molecule has 0 atom stereocenters. The minimum Gasteiger partial charge on any atom is -0.496 e. The molecule has 104 valence electrons. The Morgan fingerprint density at radius 2 is 1.95 bits per heavy atom. The van der Waals surface area contributed by atoms with Crippen molar-refractivity contribution in [1.82, 2.24) is 9.78 Å². The van der Waals surface area contributed by atoms with E-state index in [9.17, 15) is 0 Å². The predicted octanol–water partition coefficient (Wildman–Crippen LogP) is 2.47. The summed E-state index contributed by atoms with van der Waals surface area (Å²) in [4.78, 5) is 0. The van der Waals surface area contributed by atoms with E-state index in [1.165, 1.54) is 0 Å². The Labute approximate surface area is 118 Å². The number of rotatable bonds is 5. The lowest BCUT2D eigenvalue weighted by Crippen LogP contribution is -2.02. The lowest BCUT2D eigenvalue weighted by atomic mass is 10.2. The van der Waals surface area contributed by atoms with Crippen LogP contribution in [0.25, 0.3) is 0 Å². The molecule has 5 nitrogen and oxygen atoms in total. The standard InChI is InChI=1S/C13H17N3O2.ClH/c1-16-9-11(13(15-16)18-3)14-8-10-6-4-5-7-12(10)17-2;/h4-7,9,14H,8H2,1-3H3;1H. The van der Waals surface area contributed by atoms with Gasteiger partial charge in [-0.25, -0.2) is 0 Å². The van der Waals surface area contributed by atoms with Gasteiger partial charge in [0.15, 0.2) is 0 Å². The molecule has 0 aliphatic heterocycles. The highest BCUT2D eigenvalue weighted by Crippen LogP contribution is 2.24. The van der Waals surface area contributed by atoms with Gasteiger partial charge in [0.1, 0.15) is 11.4 Å². The second-order valence-electron chi connectivity index (χ2n) is 3.89. The molecule has 0 amide bonds. The van der Waals surface area contributed by atoms with Crippen molar-refractivity contribution >= 4 is 18.1 Å². The minimum absolute atomic E-state index is 0. The smallest absolute Gasteiger partial charge is 0.256 e. The maximum Gasteiger partial charge on any atom is 0.256 e. The van der Waals surface area contributed by atoms with E-state index in [4.69, 9.17) is 9.47 Å². The minimum atomic E-state index is 0. The maximum atomic E-state index is 5.30. The van der Waals surface area contributed by atoms with Crippen LogP contribution in [0.15, 0.2) is 30.5 Å². The lowest BCUT2D eigenvalue weighted by molar-refractivity contribution is 0.393. The highest BCUT2D eigenvalue weighted by atomic mass is 35.5. The Bertz CT molecular complexity index is 528. The van der Waals surface area contributed by atoms with E-state index in [0.29, 0.717) is 12.4 Å². The number of aromatic nitrogens is 2. The van der Waals surface area contributed by atoms with Gasteiger partial charge in [0, 0.05) is 19.2 Å². The van der Waals surface area contributed by atoms with Crippen molar-refractivity contribution in [2.45, 2.75) is 6.54 Å². The maximum absolute atomic E-state index is 5.30. The Hall–Kier alpha value is -1.88. The van der Waals surface area contributed by atoms with Crippen molar-refractivity contribution in [3.05, 3.63) is 36.0 Å². The zero-order chi connectivity index (χ0) is 13.0. The summed E-state index contributed by atoms with van der Waals surface area (Å²) in [7, 11) is 5.14. The zero-order valence-corrected chi connectivity index (χ0v) is 12.0. The third kappa shape index (κ3) is 3.54. The van der Waals surface area contributed by atoms with Crippen LogP contribution in [0, 0.1) is 0 Å². The molecule has 19 heavy (non-hydrogen) atoms. The molecular formula is C13H18ClN3O2. The Kier molecular flexibility index (Phi) is 5.51. The van der Waals surface area contributed by atoms with Crippen molar-refractivity contribution in [2.24, 2.45) is 7.05 Å². The quantitative estimate of drug-likeness (QED) is 0.916. The number of nitrogens with zero attached hydrogens (tertiary/aromatic N) is 2. The van der Waals surface area contributed by atoms with Gasteiger partial charge in [-0.1, -0.05) is 18.2 Å². The zero-order valence-electron chi connectivity index (χ0n) is 11.2. The first-order valence-electron chi connectivity index (χ1n) is 5.68. The Morgan fingerprint density at radius 3 is 2.63 bits per heavy atom. The molecule has 6 heteroatoms. The summed E-state index contributed by atoms with van der Waals surface area (Å²) in [5.41, 5.74) is 1.96. The highest BCUT2D eigenvalue weighted by molar-refractivity contribution is 5.85. The number of anilines is 1. The van der Waals surface area contributed by atoms with Crippen molar-refractivity contribution in [2.75, 3.05) is 19.5 Å². The summed E-state index contributed by atoms with van der Waals surface area (Å²) in [6, 6.07) is 7.90. The molecule has 0 aliphatic carbocycles. The van der Waals surface area contributed by atoms with Crippen LogP contribution in [0.3, 0.4) is 0 Å². The first-order chi connectivity index (χ1) is 8.74. The average molecular weight is 284 g/mol. The first kappa shape index (κ1) is 15.2.